The number of aromatic nitrogens is 3. The van der Waals surface area contributed by atoms with Crippen LogP contribution in [0.1, 0.15) is 23.6 Å². The fourth-order valence-electron chi connectivity index (χ4n) is 2.12. The van der Waals surface area contributed by atoms with Crippen molar-refractivity contribution in [3.63, 3.8) is 0 Å². The van der Waals surface area contributed by atoms with Crippen LogP contribution in [0.15, 0.2) is 27.2 Å². The molecule has 3 aromatic rings. The molecule has 0 bridgehead atoms. The minimum atomic E-state index is 0. The van der Waals surface area contributed by atoms with Crippen LogP contribution < -0.4 is 5.32 Å². The molecule has 2 aromatic heterocycles. The summed E-state index contributed by atoms with van der Waals surface area (Å²) in [6.07, 6.45) is 2.32. The summed E-state index contributed by atoms with van der Waals surface area (Å²) < 4.78 is 7.56. The molecule has 0 radical (unpaired) electrons. The van der Waals surface area contributed by atoms with Gasteiger partial charge in [0.1, 0.15) is 0 Å². The van der Waals surface area contributed by atoms with Crippen LogP contribution in [0.2, 0.25) is 0 Å². The Hall–Kier alpha value is -1.02. The summed E-state index contributed by atoms with van der Waals surface area (Å²) in [5.74, 6) is 1.43. The fourth-order valence-corrected chi connectivity index (χ4v) is 3.42. The molecule has 0 aliphatic carbocycles. The molecule has 2 heterocycles. The molecule has 0 aliphatic heterocycles. The van der Waals surface area contributed by atoms with Gasteiger partial charge in [0.25, 0.3) is 0 Å². The predicted octanol–water partition coefficient (Wildman–Crippen LogP) is 3.80. The average molecular weight is 418 g/mol. The molecule has 0 spiro atoms. The molecule has 0 amide bonds. The number of nitrogens with zero attached hydrogens (tertiary/aromatic N) is 3. The second-order valence-electron chi connectivity index (χ2n) is 5.22. The van der Waals surface area contributed by atoms with Crippen molar-refractivity contribution < 1.29 is 4.52 Å². The molecule has 0 saturated carbocycles. The van der Waals surface area contributed by atoms with Crippen LogP contribution in [-0.2, 0) is 19.3 Å². The quantitative estimate of drug-likeness (QED) is 0.661. The number of benzene rings is 1. The lowest BCUT2D eigenvalue weighted by Gasteiger charge is -2.04. The zero-order valence-corrected chi connectivity index (χ0v) is 16.1. The number of rotatable bonds is 6. The van der Waals surface area contributed by atoms with Gasteiger partial charge in [0.05, 0.1) is 15.2 Å². The fraction of sp³-hybridized carbons (Fsp3) is 0.400. The highest BCUT2D eigenvalue weighted by Crippen LogP contribution is 2.25. The van der Waals surface area contributed by atoms with Gasteiger partial charge in [-0.3, -0.25) is 0 Å². The van der Waals surface area contributed by atoms with E-state index in [2.05, 4.69) is 49.4 Å². The van der Waals surface area contributed by atoms with Crippen molar-refractivity contribution in [2.45, 2.75) is 32.2 Å². The van der Waals surface area contributed by atoms with Crippen LogP contribution in [0.4, 0.5) is 0 Å². The van der Waals surface area contributed by atoms with Gasteiger partial charge in [0.2, 0.25) is 5.89 Å². The van der Waals surface area contributed by atoms with Crippen LogP contribution in [0.5, 0.6) is 0 Å². The summed E-state index contributed by atoms with van der Waals surface area (Å²) in [6.45, 7) is 2.09. The maximum Gasteiger partial charge on any atom is 0.227 e. The molecule has 3 rings (SSSR count). The molecule has 23 heavy (non-hydrogen) atoms. The minimum Gasteiger partial charge on any atom is -0.339 e. The van der Waals surface area contributed by atoms with E-state index in [1.54, 1.807) is 11.3 Å². The van der Waals surface area contributed by atoms with E-state index >= 15 is 0 Å². The molecule has 5 nitrogen and oxygen atoms in total. The van der Waals surface area contributed by atoms with E-state index in [0.717, 1.165) is 40.1 Å². The molecule has 1 atom stereocenters. The number of aryl methyl sites for hydroxylation is 2. The first-order chi connectivity index (χ1) is 10.6. The Morgan fingerprint density at radius 2 is 2.13 bits per heavy atom. The van der Waals surface area contributed by atoms with Crippen LogP contribution in [-0.4, -0.2) is 28.2 Å². The summed E-state index contributed by atoms with van der Waals surface area (Å²) in [5.41, 5.74) is 1.03. The van der Waals surface area contributed by atoms with Crippen molar-refractivity contribution in [2.24, 2.45) is 0 Å². The molecule has 0 saturated heterocycles. The van der Waals surface area contributed by atoms with Crippen molar-refractivity contribution in [3.8, 4) is 0 Å². The average Bonchev–Trinajstić information content (AvgIpc) is 3.10. The van der Waals surface area contributed by atoms with Crippen LogP contribution in [0.3, 0.4) is 0 Å². The normalized spacial score (nSPS) is 12.3. The second-order valence-corrected chi connectivity index (χ2v) is 7.25. The molecular formula is C15H18BrClN4OS. The Bertz CT molecular complexity index is 776. The number of hydrogen-bond acceptors (Lipinski definition) is 6. The molecular weight excluding hydrogens is 400 g/mol. The SMILES string of the molecule is CNC(C)Cc1noc(CCc2nc3cc(Br)ccc3s2)n1.Cl. The third-order valence-corrected chi connectivity index (χ3v) is 5.03. The highest BCUT2D eigenvalue weighted by Gasteiger charge is 2.11. The van der Waals surface area contributed by atoms with Crippen molar-refractivity contribution in [2.75, 3.05) is 7.05 Å². The van der Waals surface area contributed by atoms with Crippen molar-refractivity contribution in [1.82, 2.24) is 20.4 Å². The van der Waals surface area contributed by atoms with Crippen molar-refractivity contribution in [1.29, 1.82) is 0 Å². The number of fused-ring (bicyclic) bond motifs is 1. The standard InChI is InChI=1S/C15H17BrN4OS.ClH/c1-9(17-2)7-13-19-14(21-20-13)5-6-15-18-11-8-10(16)3-4-12(11)22-15;/h3-4,8-9,17H,5-7H2,1-2H3;1H. The monoisotopic (exact) mass is 416 g/mol. The molecule has 124 valence electrons. The summed E-state index contributed by atoms with van der Waals surface area (Å²) in [7, 11) is 1.93. The molecule has 8 heteroatoms. The van der Waals surface area contributed by atoms with Crippen LogP contribution in [0.25, 0.3) is 10.2 Å². The van der Waals surface area contributed by atoms with Gasteiger partial charge in [-0.15, -0.1) is 23.7 Å². The maximum absolute atomic E-state index is 5.31. The summed E-state index contributed by atoms with van der Waals surface area (Å²) in [6, 6.07) is 6.51. The molecule has 1 unspecified atom stereocenters. The van der Waals surface area contributed by atoms with E-state index < -0.39 is 0 Å². The number of halogens is 2. The van der Waals surface area contributed by atoms with Gasteiger partial charge in [-0.05, 0) is 32.2 Å². The van der Waals surface area contributed by atoms with Gasteiger partial charge < -0.3 is 9.84 Å². The van der Waals surface area contributed by atoms with E-state index in [-0.39, 0.29) is 12.4 Å². The van der Waals surface area contributed by atoms with Crippen molar-refractivity contribution >= 4 is 49.9 Å². The third kappa shape index (κ3) is 4.73. The van der Waals surface area contributed by atoms with Gasteiger partial charge in [0.15, 0.2) is 5.82 Å². The summed E-state index contributed by atoms with van der Waals surface area (Å²) >= 11 is 5.19. The Morgan fingerprint density at radius 1 is 1.30 bits per heavy atom. The van der Waals surface area contributed by atoms with E-state index in [0.29, 0.717) is 11.9 Å². The first-order valence-electron chi connectivity index (χ1n) is 7.17. The smallest absolute Gasteiger partial charge is 0.227 e. The number of nitrogens with one attached hydrogen (secondary N) is 1. The number of hydrogen-bond donors (Lipinski definition) is 1. The highest BCUT2D eigenvalue weighted by molar-refractivity contribution is 9.10. The lowest BCUT2D eigenvalue weighted by molar-refractivity contribution is 0.371. The molecule has 1 aromatic carbocycles. The zero-order chi connectivity index (χ0) is 15.5. The second kappa shape index (κ2) is 8.19. The van der Waals surface area contributed by atoms with Gasteiger partial charge in [-0.25, -0.2) is 4.98 Å². The topological polar surface area (TPSA) is 63.8 Å². The molecule has 1 N–H and O–H groups in total. The summed E-state index contributed by atoms with van der Waals surface area (Å²) in [4.78, 5) is 9.08. The van der Waals surface area contributed by atoms with Crippen LogP contribution >= 0.6 is 39.7 Å². The Morgan fingerprint density at radius 3 is 2.91 bits per heavy atom. The zero-order valence-electron chi connectivity index (χ0n) is 12.9. The highest BCUT2D eigenvalue weighted by atomic mass is 79.9. The number of thiazole rings is 1. The van der Waals surface area contributed by atoms with E-state index in [4.69, 9.17) is 4.52 Å². The number of likely N-dealkylation sites (N-methyl/N-ethyl adjacent to an activating group) is 1. The Labute approximate surface area is 153 Å². The minimum absolute atomic E-state index is 0. The van der Waals surface area contributed by atoms with Gasteiger partial charge >= 0.3 is 0 Å². The Balaban J connectivity index is 0.00000192. The lowest BCUT2D eigenvalue weighted by atomic mass is 10.2. The lowest BCUT2D eigenvalue weighted by Crippen LogP contribution is -2.24. The third-order valence-electron chi connectivity index (χ3n) is 3.44. The van der Waals surface area contributed by atoms with Gasteiger partial charge in [-0.1, -0.05) is 21.1 Å². The summed E-state index contributed by atoms with van der Waals surface area (Å²) in [5, 5.41) is 8.28. The van der Waals surface area contributed by atoms with E-state index in [1.807, 2.05) is 19.2 Å². The van der Waals surface area contributed by atoms with E-state index in [9.17, 15) is 0 Å². The first-order valence-corrected chi connectivity index (χ1v) is 8.78. The first kappa shape index (κ1) is 18.3. The van der Waals surface area contributed by atoms with Gasteiger partial charge in [0, 0.05) is 29.8 Å². The van der Waals surface area contributed by atoms with Crippen LogP contribution in [0, 0.1) is 0 Å². The predicted molar refractivity (Wildman–Crippen MR) is 98.5 cm³/mol. The van der Waals surface area contributed by atoms with Crippen molar-refractivity contribution in [3.05, 3.63) is 39.4 Å². The van der Waals surface area contributed by atoms with Gasteiger partial charge in [-0.2, -0.15) is 4.98 Å². The Kier molecular flexibility index (Phi) is 6.52. The largest absolute Gasteiger partial charge is 0.339 e. The molecule has 0 fully saturated rings. The van der Waals surface area contributed by atoms with E-state index in [1.165, 1.54) is 4.70 Å². The molecule has 0 aliphatic rings. The maximum atomic E-state index is 5.31.